The van der Waals surface area contributed by atoms with E-state index in [9.17, 15) is 0 Å². The zero-order valence-electron chi connectivity index (χ0n) is 19.4. The lowest BCUT2D eigenvalue weighted by atomic mass is 10.0. The first-order valence-electron chi connectivity index (χ1n) is 11.8. The topological polar surface area (TPSA) is 53.8 Å². The minimum absolute atomic E-state index is 0.0422. The molecule has 0 bridgehead atoms. The van der Waals surface area contributed by atoms with Crippen LogP contribution in [-0.4, -0.2) is 59.3 Å². The summed E-state index contributed by atoms with van der Waals surface area (Å²) >= 11 is 7.43. The highest BCUT2D eigenvalue weighted by Crippen LogP contribution is 2.41. The lowest BCUT2D eigenvalue weighted by Crippen LogP contribution is -2.38. The number of hydrogen-bond acceptors (Lipinski definition) is 6. The summed E-state index contributed by atoms with van der Waals surface area (Å²) in [6, 6.07) is 18.6. The number of hydrogen-bond donors (Lipinski definition) is 1. The fourth-order valence-corrected chi connectivity index (χ4v) is 5.63. The molecule has 3 aromatic rings. The monoisotopic (exact) mass is 494 g/mol. The maximum absolute atomic E-state index is 6.40. The molecule has 0 saturated carbocycles. The van der Waals surface area contributed by atoms with Crippen LogP contribution in [0.25, 0.3) is 0 Å². The number of furan rings is 1. The molecule has 178 valence electrons. The lowest BCUT2D eigenvalue weighted by molar-refractivity contribution is 0.0365. The van der Waals surface area contributed by atoms with Crippen molar-refractivity contribution in [2.75, 3.05) is 39.4 Å². The van der Waals surface area contributed by atoms with E-state index in [1.165, 1.54) is 5.56 Å². The van der Waals surface area contributed by atoms with E-state index in [2.05, 4.69) is 69.5 Å². The van der Waals surface area contributed by atoms with Gasteiger partial charge in [-0.3, -0.25) is 9.88 Å². The molecule has 5 rings (SSSR count). The smallest absolute Gasteiger partial charge is 0.170 e. The Balaban J connectivity index is 1.35. The SMILES string of the molecule is Cc1ccc(Sc2ccc([C@@H]3[C@@H](c4ccccn4)NC(=S)N3CCCN3CCOCC3)o2)cc1. The van der Waals surface area contributed by atoms with Crippen molar-refractivity contribution < 1.29 is 9.15 Å². The molecule has 0 aliphatic carbocycles. The third kappa shape index (κ3) is 5.46. The van der Waals surface area contributed by atoms with Crippen LogP contribution in [0.15, 0.2) is 75.2 Å². The first-order valence-corrected chi connectivity index (χ1v) is 13.0. The fourth-order valence-electron chi connectivity index (χ4n) is 4.52. The van der Waals surface area contributed by atoms with Crippen LogP contribution in [0.2, 0.25) is 0 Å². The molecule has 0 unspecified atom stereocenters. The van der Waals surface area contributed by atoms with Crippen molar-refractivity contribution in [2.45, 2.75) is 35.4 Å². The van der Waals surface area contributed by atoms with E-state index in [1.54, 1.807) is 11.8 Å². The van der Waals surface area contributed by atoms with Crippen LogP contribution in [0.3, 0.4) is 0 Å². The molecule has 0 amide bonds. The van der Waals surface area contributed by atoms with Gasteiger partial charge in [-0.1, -0.05) is 35.5 Å². The number of aryl methyl sites for hydroxylation is 1. The van der Waals surface area contributed by atoms with E-state index in [0.29, 0.717) is 0 Å². The summed E-state index contributed by atoms with van der Waals surface area (Å²) in [4.78, 5) is 10.5. The van der Waals surface area contributed by atoms with Gasteiger partial charge in [0.15, 0.2) is 10.2 Å². The Kier molecular flexibility index (Phi) is 7.49. The number of ether oxygens (including phenoxy) is 1. The van der Waals surface area contributed by atoms with Gasteiger partial charge >= 0.3 is 0 Å². The highest BCUT2D eigenvalue weighted by Gasteiger charge is 2.41. The second kappa shape index (κ2) is 10.9. The molecule has 2 aliphatic rings. The summed E-state index contributed by atoms with van der Waals surface area (Å²) in [7, 11) is 0. The molecule has 2 fully saturated rings. The van der Waals surface area contributed by atoms with Gasteiger partial charge in [0.25, 0.3) is 0 Å². The number of morpholine rings is 1. The highest BCUT2D eigenvalue weighted by molar-refractivity contribution is 7.99. The Morgan fingerprint density at radius 1 is 1.06 bits per heavy atom. The normalized spacial score (nSPS) is 21.1. The number of rotatable bonds is 8. The molecule has 0 spiro atoms. The molecular weight excluding hydrogens is 464 g/mol. The Hall–Kier alpha value is -2.39. The number of nitrogens with zero attached hydrogens (tertiary/aromatic N) is 3. The van der Waals surface area contributed by atoms with Crippen molar-refractivity contribution in [1.29, 1.82) is 0 Å². The Morgan fingerprint density at radius 2 is 1.88 bits per heavy atom. The predicted molar refractivity (Wildman–Crippen MR) is 138 cm³/mol. The second-order valence-electron chi connectivity index (χ2n) is 8.70. The van der Waals surface area contributed by atoms with Crippen LogP contribution in [0.1, 0.15) is 35.5 Å². The van der Waals surface area contributed by atoms with Crippen LogP contribution in [-0.2, 0) is 4.74 Å². The van der Waals surface area contributed by atoms with Crippen molar-refractivity contribution in [3.05, 3.63) is 77.8 Å². The summed E-state index contributed by atoms with van der Waals surface area (Å²) in [6.45, 7) is 7.64. The molecule has 0 radical (unpaired) electrons. The minimum Gasteiger partial charge on any atom is -0.452 e. The zero-order chi connectivity index (χ0) is 23.3. The first-order chi connectivity index (χ1) is 16.7. The van der Waals surface area contributed by atoms with Crippen molar-refractivity contribution in [1.82, 2.24) is 20.1 Å². The van der Waals surface area contributed by atoms with E-state index in [0.717, 1.165) is 72.4 Å². The second-order valence-corrected chi connectivity index (χ2v) is 10.2. The number of thiocarbonyl (C=S) groups is 1. The van der Waals surface area contributed by atoms with Crippen LogP contribution in [0, 0.1) is 6.92 Å². The minimum atomic E-state index is -0.0551. The van der Waals surface area contributed by atoms with Gasteiger partial charge in [-0.15, -0.1) is 0 Å². The molecule has 2 saturated heterocycles. The van der Waals surface area contributed by atoms with Crippen molar-refractivity contribution in [2.24, 2.45) is 0 Å². The zero-order valence-corrected chi connectivity index (χ0v) is 21.0. The predicted octanol–water partition coefficient (Wildman–Crippen LogP) is 4.83. The van der Waals surface area contributed by atoms with Crippen molar-refractivity contribution in [3.8, 4) is 0 Å². The van der Waals surface area contributed by atoms with Crippen LogP contribution in [0.4, 0.5) is 0 Å². The van der Waals surface area contributed by atoms with Gasteiger partial charge in [0.2, 0.25) is 0 Å². The summed E-state index contributed by atoms with van der Waals surface area (Å²) < 4.78 is 11.9. The molecular formula is C26H30N4O2S2. The standard InChI is InChI=1S/C26H30N4O2S2/c1-19-6-8-20(9-7-19)34-23-11-10-22(32-23)25-24(21-5-2-3-12-27-21)28-26(33)30(25)14-4-13-29-15-17-31-18-16-29/h2-3,5-12,24-25H,4,13-18H2,1H3,(H,28,33)/t24-,25-/m1/s1. The third-order valence-corrected chi connectivity index (χ3v) is 7.59. The highest BCUT2D eigenvalue weighted by atomic mass is 32.2. The van der Waals surface area contributed by atoms with Crippen molar-refractivity contribution >= 4 is 29.1 Å². The Labute approximate surface area is 210 Å². The number of pyridine rings is 1. The number of benzene rings is 1. The molecule has 4 heterocycles. The van der Waals surface area contributed by atoms with Gasteiger partial charge in [0.05, 0.1) is 24.9 Å². The van der Waals surface area contributed by atoms with Gasteiger partial charge in [0, 0.05) is 37.3 Å². The van der Waals surface area contributed by atoms with Crippen molar-refractivity contribution in [3.63, 3.8) is 0 Å². The van der Waals surface area contributed by atoms with Gasteiger partial charge in [-0.2, -0.15) is 0 Å². The van der Waals surface area contributed by atoms with Gasteiger partial charge < -0.3 is 19.4 Å². The molecule has 8 heteroatoms. The van der Waals surface area contributed by atoms with Crippen LogP contribution in [0.5, 0.6) is 0 Å². The Morgan fingerprint density at radius 3 is 2.65 bits per heavy atom. The van der Waals surface area contributed by atoms with E-state index < -0.39 is 0 Å². The molecule has 1 aromatic carbocycles. The van der Waals surface area contributed by atoms with E-state index in [-0.39, 0.29) is 12.1 Å². The van der Waals surface area contributed by atoms with Crippen LogP contribution >= 0.6 is 24.0 Å². The number of nitrogens with one attached hydrogen (secondary N) is 1. The quantitative estimate of drug-likeness (QED) is 0.447. The average molecular weight is 495 g/mol. The Bertz CT molecular complexity index is 1080. The molecule has 2 aliphatic heterocycles. The molecule has 6 nitrogen and oxygen atoms in total. The maximum Gasteiger partial charge on any atom is 0.170 e. The number of aromatic nitrogens is 1. The average Bonchev–Trinajstić information content (AvgIpc) is 3.46. The molecule has 1 N–H and O–H groups in total. The third-order valence-electron chi connectivity index (χ3n) is 6.31. The lowest BCUT2D eigenvalue weighted by Gasteiger charge is -2.29. The first kappa shape index (κ1) is 23.4. The maximum atomic E-state index is 6.40. The summed E-state index contributed by atoms with van der Waals surface area (Å²) in [5, 5.41) is 5.15. The van der Waals surface area contributed by atoms with Gasteiger partial charge in [-0.25, -0.2) is 0 Å². The fraction of sp³-hybridized carbons (Fsp3) is 0.385. The summed E-state index contributed by atoms with van der Waals surface area (Å²) in [5.41, 5.74) is 2.22. The van der Waals surface area contributed by atoms with Crippen LogP contribution < -0.4 is 5.32 Å². The largest absolute Gasteiger partial charge is 0.452 e. The van der Waals surface area contributed by atoms with Gasteiger partial charge in [0.1, 0.15) is 11.8 Å². The summed E-state index contributed by atoms with van der Waals surface area (Å²) in [5.74, 6) is 0.906. The molecule has 2 atom stereocenters. The molecule has 34 heavy (non-hydrogen) atoms. The van der Waals surface area contributed by atoms with E-state index in [1.807, 2.05) is 18.3 Å². The van der Waals surface area contributed by atoms with E-state index in [4.69, 9.17) is 21.4 Å². The van der Waals surface area contributed by atoms with E-state index >= 15 is 0 Å². The summed E-state index contributed by atoms with van der Waals surface area (Å²) in [6.07, 6.45) is 2.86. The van der Waals surface area contributed by atoms with Gasteiger partial charge in [-0.05, 0) is 62.0 Å². The molecule has 2 aromatic heterocycles.